The SMILES string of the molecule is CC(Cn1ccnc1C(O)c1ccccc1)C(=O)O. The zero-order valence-electron chi connectivity index (χ0n) is 10.6. The van der Waals surface area contributed by atoms with Crippen LogP contribution in [0.4, 0.5) is 0 Å². The van der Waals surface area contributed by atoms with Gasteiger partial charge in [-0.3, -0.25) is 4.79 Å². The van der Waals surface area contributed by atoms with Gasteiger partial charge in [0.15, 0.2) is 0 Å². The molecule has 100 valence electrons. The minimum atomic E-state index is -0.867. The highest BCUT2D eigenvalue weighted by atomic mass is 16.4. The van der Waals surface area contributed by atoms with Crippen molar-refractivity contribution in [2.24, 2.45) is 5.92 Å². The number of hydrogen-bond donors (Lipinski definition) is 2. The lowest BCUT2D eigenvalue weighted by molar-refractivity contribution is -0.141. The summed E-state index contributed by atoms with van der Waals surface area (Å²) >= 11 is 0. The lowest BCUT2D eigenvalue weighted by Crippen LogP contribution is -2.19. The predicted octanol–water partition coefficient (Wildman–Crippen LogP) is 1.69. The van der Waals surface area contributed by atoms with Crippen molar-refractivity contribution in [3.63, 3.8) is 0 Å². The summed E-state index contributed by atoms with van der Waals surface area (Å²) < 4.78 is 1.68. The monoisotopic (exact) mass is 260 g/mol. The zero-order valence-corrected chi connectivity index (χ0v) is 10.6. The predicted molar refractivity (Wildman–Crippen MR) is 69.5 cm³/mol. The molecule has 2 atom stereocenters. The van der Waals surface area contributed by atoms with Gasteiger partial charge in [-0.25, -0.2) is 4.98 Å². The molecule has 5 heteroatoms. The van der Waals surface area contributed by atoms with Crippen LogP contribution in [0.1, 0.15) is 24.4 Å². The van der Waals surface area contributed by atoms with Gasteiger partial charge in [0, 0.05) is 18.9 Å². The maximum atomic E-state index is 10.9. The van der Waals surface area contributed by atoms with Gasteiger partial charge in [-0.2, -0.15) is 0 Å². The first-order valence-corrected chi connectivity index (χ1v) is 6.06. The van der Waals surface area contributed by atoms with Gasteiger partial charge < -0.3 is 14.8 Å². The van der Waals surface area contributed by atoms with E-state index in [-0.39, 0.29) is 6.54 Å². The fourth-order valence-electron chi connectivity index (χ4n) is 1.88. The highest BCUT2D eigenvalue weighted by Crippen LogP contribution is 2.20. The summed E-state index contributed by atoms with van der Waals surface area (Å²) in [5.41, 5.74) is 0.734. The van der Waals surface area contributed by atoms with Crippen molar-refractivity contribution in [3.8, 4) is 0 Å². The third kappa shape index (κ3) is 3.00. The topological polar surface area (TPSA) is 75.3 Å². The Morgan fingerprint density at radius 2 is 2.05 bits per heavy atom. The number of imidazole rings is 1. The molecule has 2 rings (SSSR count). The molecule has 2 aromatic rings. The molecule has 1 aromatic carbocycles. The highest BCUT2D eigenvalue weighted by Gasteiger charge is 2.19. The second-order valence-electron chi connectivity index (χ2n) is 4.49. The number of aromatic nitrogens is 2. The third-order valence-corrected chi connectivity index (χ3v) is 3.00. The molecule has 0 saturated heterocycles. The average molecular weight is 260 g/mol. The summed E-state index contributed by atoms with van der Waals surface area (Å²) in [5, 5.41) is 19.2. The van der Waals surface area contributed by atoms with E-state index in [1.54, 1.807) is 23.9 Å². The average Bonchev–Trinajstić information content (AvgIpc) is 2.87. The van der Waals surface area contributed by atoms with Gasteiger partial charge in [-0.15, -0.1) is 0 Å². The van der Waals surface area contributed by atoms with Gasteiger partial charge in [0.2, 0.25) is 0 Å². The number of aliphatic hydroxyl groups is 1. The molecule has 0 aliphatic rings. The van der Waals surface area contributed by atoms with Crippen LogP contribution in [0.3, 0.4) is 0 Å². The second-order valence-corrected chi connectivity index (χ2v) is 4.49. The number of nitrogens with zero attached hydrogens (tertiary/aromatic N) is 2. The van der Waals surface area contributed by atoms with Gasteiger partial charge in [-0.1, -0.05) is 37.3 Å². The van der Waals surface area contributed by atoms with Crippen molar-refractivity contribution in [3.05, 3.63) is 54.1 Å². The number of carboxylic acid groups (broad SMARTS) is 1. The molecule has 0 amide bonds. The molecule has 1 aromatic heterocycles. The molecule has 19 heavy (non-hydrogen) atoms. The van der Waals surface area contributed by atoms with E-state index < -0.39 is 18.0 Å². The largest absolute Gasteiger partial charge is 0.481 e. The van der Waals surface area contributed by atoms with Gasteiger partial charge in [0.05, 0.1) is 5.92 Å². The number of aliphatic hydroxyl groups excluding tert-OH is 1. The number of aliphatic carboxylic acids is 1. The van der Waals surface area contributed by atoms with Crippen LogP contribution in [0, 0.1) is 5.92 Å². The fourth-order valence-corrected chi connectivity index (χ4v) is 1.88. The quantitative estimate of drug-likeness (QED) is 0.857. The van der Waals surface area contributed by atoms with Crippen LogP contribution in [0.2, 0.25) is 0 Å². The van der Waals surface area contributed by atoms with Gasteiger partial charge >= 0.3 is 5.97 Å². The molecular weight excluding hydrogens is 244 g/mol. The zero-order chi connectivity index (χ0) is 13.8. The standard InChI is InChI=1S/C14H16N2O3/c1-10(14(18)19)9-16-8-7-15-13(16)12(17)11-5-3-2-4-6-11/h2-8,10,12,17H,9H2,1H3,(H,18,19). The van der Waals surface area contributed by atoms with Crippen molar-refractivity contribution in [2.75, 3.05) is 0 Å². The Morgan fingerprint density at radius 1 is 1.37 bits per heavy atom. The van der Waals surface area contributed by atoms with Crippen LogP contribution >= 0.6 is 0 Å². The summed E-state index contributed by atoms with van der Waals surface area (Å²) in [6.07, 6.45) is 2.40. The van der Waals surface area contributed by atoms with E-state index in [1.807, 2.05) is 30.3 Å². The fraction of sp³-hybridized carbons (Fsp3) is 0.286. The van der Waals surface area contributed by atoms with E-state index in [1.165, 1.54) is 0 Å². The van der Waals surface area contributed by atoms with Crippen molar-refractivity contribution in [2.45, 2.75) is 19.6 Å². The van der Waals surface area contributed by atoms with Crippen molar-refractivity contribution in [1.82, 2.24) is 9.55 Å². The molecule has 2 unspecified atom stereocenters. The van der Waals surface area contributed by atoms with Crippen molar-refractivity contribution >= 4 is 5.97 Å². The van der Waals surface area contributed by atoms with Crippen LogP contribution in [0.5, 0.6) is 0 Å². The minimum absolute atomic E-state index is 0.286. The van der Waals surface area contributed by atoms with Gasteiger partial charge in [0.1, 0.15) is 11.9 Å². The Kier molecular flexibility index (Phi) is 3.97. The molecule has 0 fully saturated rings. The van der Waals surface area contributed by atoms with Crippen LogP contribution in [0.25, 0.3) is 0 Å². The van der Waals surface area contributed by atoms with E-state index in [2.05, 4.69) is 4.98 Å². The minimum Gasteiger partial charge on any atom is -0.481 e. The molecular formula is C14H16N2O3. The Bertz CT molecular complexity index is 551. The normalized spacial score (nSPS) is 14.0. The third-order valence-electron chi connectivity index (χ3n) is 3.00. The molecule has 5 nitrogen and oxygen atoms in total. The first kappa shape index (κ1) is 13.3. The molecule has 1 heterocycles. The van der Waals surface area contributed by atoms with E-state index in [0.29, 0.717) is 5.82 Å². The molecule has 0 radical (unpaired) electrons. The molecule has 0 spiro atoms. The first-order valence-electron chi connectivity index (χ1n) is 6.06. The van der Waals surface area contributed by atoms with Crippen molar-refractivity contribution in [1.29, 1.82) is 0 Å². The number of benzene rings is 1. The van der Waals surface area contributed by atoms with Crippen LogP contribution in [-0.4, -0.2) is 25.7 Å². The molecule has 0 bridgehead atoms. The maximum absolute atomic E-state index is 10.9. The summed E-state index contributed by atoms with van der Waals surface area (Å²) in [5.74, 6) is -0.941. The Hall–Kier alpha value is -2.14. The summed E-state index contributed by atoms with van der Waals surface area (Å²) in [4.78, 5) is 15.0. The summed E-state index contributed by atoms with van der Waals surface area (Å²) in [6, 6.07) is 9.17. The highest BCUT2D eigenvalue weighted by molar-refractivity contribution is 5.69. The Balaban J connectivity index is 2.22. The number of hydrogen-bond acceptors (Lipinski definition) is 3. The van der Waals surface area contributed by atoms with E-state index in [4.69, 9.17) is 5.11 Å². The van der Waals surface area contributed by atoms with Gasteiger partial charge in [0.25, 0.3) is 0 Å². The maximum Gasteiger partial charge on any atom is 0.308 e. The van der Waals surface area contributed by atoms with Gasteiger partial charge in [-0.05, 0) is 5.56 Å². The van der Waals surface area contributed by atoms with Crippen LogP contribution < -0.4 is 0 Å². The number of carboxylic acids is 1. The van der Waals surface area contributed by atoms with E-state index in [0.717, 1.165) is 5.56 Å². The lowest BCUT2D eigenvalue weighted by atomic mass is 10.1. The molecule has 0 aliphatic carbocycles. The second kappa shape index (κ2) is 5.67. The van der Waals surface area contributed by atoms with E-state index >= 15 is 0 Å². The summed E-state index contributed by atoms with van der Waals surface area (Å²) in [7, 11) is 0. The smallest absolute Gasteiger partial charge is 0.308 e. The van der Waals surface area contributed by atoms with Crippen LogP contribution in [-0.2, 0) is 11.3 Å². The summed E-state index contributed by atoms with van der Waals surface area (Å²) in [6.45, 7) is 1.91. The molecule has 0 aliphatic heterocycles. The molecule has 2 N–H and O–H groups in total. The Labute approximate surface area is 111 Å². The Morgan fingerprint density at radius 3 is 2.68 bits per heavy atom. The number of rotatable bonds is 5. The first-order chi connectivity index (χ1) is 9.09. The van der Waals surface area contributed by atoms with E-state index in [9.17, 15) is 9.90 Å². The number of carbonyl (C=O) groups is 1. The van der Waals surface area contributed by atoms with Crippen LogP contribution in [0.15, 0.2) is 42.7 Å². The lowest BCUT2D eigenvalue weighted by Gasteiger charge is -2.15. The van der Waals surface area contributed by atoms with Crippen molar-refractivity contribution < 1.29 is 15.0 Å². The molecule has 0 saturated carbocycles.